The van der Waals surface area contributed by atoms with E-state index in [2.05, 4.69) is 20.1 Å². The maximum Gasteiger partial charge on any atom is 0.221 e. The van der Waals surface area contributed by atoms with Gasteiger partial charge in [0.05, 0.1) is 5.75 Å². The van der Waals surface area contributed by atoms with Crippen molar-refractivity contribution in [1.29, 1.82) is 0 Å². The number of amides is 1. The Labute approximate surface area is 167 Å². The molecule has 1 fully saturated rings. The minimum absolute atomic E-state index is 0.00922. The molecule has 0 spiro atoms. The van der Waals surface area contributed by atoms with Gasteiger partial charge in [-0.3, -0.25) is 14.2 Å². The van der Waals surface area contributed by atoms with E-state index < -0.39 is 0 Å². The molecule has 1 aliphatic carbocycles. The smallest absolute Gasteiger partial charge is 0.221 e. The first-order valence-electron chi connectivity index (χ1n) is 9.16. The summed E-state index contributed by atoms with van der Waals surface area (Å²) in [6.07, 6.45) is 2.27. The maximum absolute atomic E-state index is 12.6. The van der Waals surface area contributed by atoms with Crippen LogP contribution in [0.2, 0.25) is 0 Å². The number of thioether (sulfide) groups is 1. The largest absolute Gasteiger partial charge is 0.326 e. The van der Waals surface area contributed by atoms with Gasteiger partial charge in [-0.15, -0.1) is 10.2 Å². The van der Waals surface area contributed by atoms with Gasteiger partial charge in [0.25, 0.3) is 0 Å². The molecule has 1 N–H and O–H groups in total. The lowest BCUT2D eigenvalue weighted by Gasteiger charge is -2.09. The molecule has 0 saturated heterocycles. The van der Waals surface area contributed by atoms with Crippen LogP contribution in [0.1, 0.15) is 41.9 Å². The van der Waals surface area contributed by atoms with Gasteiger partial charge in [0, 0.05) is 29.8 Å². The lowest BCUT2D eigenvalue weighted by molar-refractivity contribution is -0.114. The Hall–Kier alpha value is -2.93. The number of ketones is 1. The third-order valence-electron chi connectivity index (χ3n) is 4.47. The molecule has 142 valence electrons. The summed E-state index contributed by atoms with van der Waals surface area (Å²) in [7, 11) is 0. The highest BCUT2D eigenvalue weighted by Crippen LogP contribution is 2.41. The fraction of sp³-hybridized carbons (Fsp3) is 0.238. The lowest BCUT2D eigenvalue weighted by Crippen LogP contribution is -2.07. The third-order valence-corrected chi connectivity index (χ3v) is 5.40. The molecule has 0 radical (unpaired) electrons. The summed E-state index contributed by atoms with van der Waals surface area (Å²) in [4.78, 5) is 23.7. The van der Waals surface area contributed by atoms with Gasteiger partial charge in [-0.25, -0.2) is 0 Å². The molecule has 3 aromatic rings. The van der Waals surface area contributed by atoms with Crippen molar-refractivity contribution in [2.75, 3.05) is 11.1 Å². The van der Waals surface area contributed by atoms with Crippen LogP contribution in [0.15, 0.2) is 59.8 Å². The van der Waals surface area contributed by atoms with Gasteiger partial charge in [-0.1, -0.05) is 30.0 Å². The minimum atomic E-state index is -0.138. The van der Waals surface area contributed by atoms with Crippen LogP contribution in [0, 0.1) is 0 Å². The van der Waals surface area contributed by atoms with Gasteiger partial charge >= 0.3 is 0 Å². The van der Waals surface area contributed by atoms with Crippen molar-refractivity contribution in [3.8, 4) is 5.69 Å². The Morgan fingerprint density at radius 1 is 1.07 bits per heavy atom. The Bertz CT molecular complexity index is 995. The summed E-state index contributed by atoms with van der Waals surface area (Å²) in [6.45, 7) is 1.45. The van der Waals surface area contributed by atoms with Gasteiger partial charge in [-0.2, -0.15) is 0 Å². The molecule has 1 aliphatic rings. The number of para-hydroxylation sites is 1. The topological polar surface area (TPSA) is 76.9 Å². The zero-order valence-electron chi connectivity index (χ0n) is 15.5. The van der Waals surface area contributed by atoms with E-state index in [0.717, 1.165) is 29.5 Å². The minimum Gasteiger partial charge on any atom is -0.326 e. The van der Waals surface area contributed by atoms with Gasteiger partial charge in [0.15, 0.2) is 10.9 Å². The average molecular weight is 392 g/mol. The second kappa shape index (κ2) is 7.98. The molecule has 6 nitrogen and oxygen atoms in total. The van der Waals surface area contributed by atoms with E-state index in [1.165, 1.54) is 18.7 Å². The molecule has 2 aromatic carbocycles. The summed E-state index contributed by atoms with van der Waals surface area (Å²) in [5.74, 6) is 1.57. The summed E-state index contributed by atoms with van der Waals surface area (Å²) >= 11 is 1.40. The van der Waals surface area contributed by atoms with Crippen LogP contribution in [0.25, 0.3) is 5.69 Å². The molecule has 1 aromatic heterocycles. The van der Waals surface area contributed by atoms with Crippen molar-refractivity contribution < 1.29 is 9.59 Å². The molecule has 4 rings (SSSR count). The van der Waals surface area contributed by atoms with Crippen molar-refractivity contribution >= 4 is 29.1 Å². The molecule has 1 saturated carbocycles. The zero-order valence-corrected chi connectivity index (χ0v) is 16.3. The molecule has 7 heteroatoms. The van der Waals surface area contributed by atoms with Crippen LogP contribution < -0.4 is 5.32 Å². The van der Waals surface area contributed by atoms with Crippen LogP contribution in [0.5, 0.6) is 0 Å². The average Bonchev–Trinajstić information content (AvgIpc) is 3.46. The van der Waals surface area contributed by atoms with E-state index in [-0.39, 0.29) is 17.4 Å². The quantitative estimate of drug-likeness (QED) is 0.484. The van der Waals surface area contributed by atoms with Gasteiger partial charge in [0.1, 0.15) is 5.82 Å². The number of Topliss-reactive ketones (excluding diaryl/α,β-unsaturated/α-hetero) is 1. The fourth-order valence-electron chi connectivity index (χ4n) is 2.96. The highest BCUT2D eigenvalue weighted by molar-refractivity contribution is 7.99. The predicted octanol–water partition coefficient (Wildman–Crippen LogP) is 4.08. The number of benzene rings is 2. The summed E-state index contributed by atoms with van der Waals surface area (Å²) < 4.78 is 2.06. The molecular formula is C21H20N4O2S. The summed E-state index contributed by atoms with van der Waals surface area (Å²) in [5.41, 5.74) is 2.30. The Morgan fingerprint density at radius 2 is 1.79 bits per heavy atom. The van der Waals surface area contributed by atoms with E-state index in [4.69, 9.17) is 0 Å². The predicted molar refractivity (Wildman–Crippen MR) is 109 cm³/mol. The van der Waals surface area contributed by atoms with Gasteiger partial charge in [0.2, 0.25) is 5.91 Å². The third kappa shape index (κ3) is 4.14. The Morgan fingerprint density at radius 3 is 2.43 bits per heavy atom. The van der Waals surface area contributed by atoms with E-state index in [9.17, 15) is 9.59 Å². The molecule has 0 unspecified atom stereocenters. The SMILES string of the molecule is CC(=O)Nc1ccc(C(=O)CSc2nnc(C3CC3)n2-c2ccccc2)cc1. The zero-order chi connectivity index (χ0) is 19.5. The van der Waals surface area contributed by atoms with Crippen molar-refractivity contribution in [2.45, 2.75) is 30.8 Å². The number of hydrogen-bond donors (Lipinski definition) is 1. The van der Waals surface area contributed by atoms with Crippen LogP contribution in [0.3, 0.4) is 0 Å². The van der Waals surface area contributed by atoms with E-state index >= 15 is 0 Å². The molecule has 28 heavy (non-hydrogen) atoms. The van der Waals surface area contributed by atoms with Crippen LogP contribution in [-0.4, -0.2) is 32.2 Å². The Kier molecular flexibility index (Phi) is 5.25. The van der Waals surface area contributed by atoms with Crippen LogP contribution in [0.4, 0.5) is 5.69 Å². The highest BCUT2D eigenvalue weighted by Gasteiger charge is 2.31. The van der Waals surface area contributed by atoms with Crippen LogP contribution >= 0.6 is 11.8 Å². The monoisotopic (exact) mass is 392 g/mol. The second-order valence-corrected chi connectivity index (χ2v) is 7.70. The molecule has 1 heterocycles. The molecule has 1 amide bonds. The van der Waals surface area contributed by atoms with Crippen molar-refractivity contribution in [1.82, 2.24) is 14.8 Å². The first kappa shape index (κ1) is 18.4. The number of aromatic nitrogens is 3. The fourth-order valence-corrected chi connectivity index (χ4v) is 3.81. The first-order chi connectivity index (χ1) is 13.6. The summed E-state index contributed by atoms with van der Waals surface area (Å²) in [6, 6.07) is 16.9. The molecule has 0 bridgehead atoms. The van der Waals surface area contributed by atoms with E-state index in [1.54, 1.807) is 24.3 Å². The first-order valence-corrected chi connectivity index (χ1v) is 10.1. The molecule has 0 aliphatic heterocycles. The maximum atomic E-state index is 12.6. The number of nitrogens with zero attached hydrogens (tertiary/aromatic N) is 3. The number of carbonyl (C=O) groups excluding carboxylic acids is 2. The second-order valence-electron chi connectivity index (χ2n) is 6.76. The van der Waals surface area contributed by atoms with E-state index in [1.807, 2.05) is 30.3 Å². The van der Waals surface area contributed by atoms with Crippen molar-refractivity contribution in [3.63, 3.8) is 0 Å². The molecule has 0 atom stereocenters. The highest BCUT2D eigenvalue weighted by atomic mass is 32.2. The summed E-state index contributed by atoms with van der Waals surface area (Å²) in [5, 5.41) is 12.2. The normalized spacial score (nSPS) is 13.3. The number of hydrogen-bond acceptors (Lipinski definition) is 5. The molecular weight excluding hydrogens is 372 g/mol. The number of nitrogens with one attached hydrogen (secondary N) is 1. The van der Waals surface area contributed by atoms with Crippen LogP contribution in [-0.2, 0) is 4.79 Å². The number of anilines is 1. The van der Waals surface area contributed by atoms with Crippen molar-refractivity contribution in [3.05, 3.63) is 66.0 Å². The van der Waals surface area contributed by atoms with Gasteiger partial charge in [-0.05, 0) is 49.2 Å². The lowest BCUT2D eigenvalue weighted by atomic mass is 10.1. The van der Waals surface area contributed by atoms with Gasteiger partial charge < -0.3 is 5.32 Å². The van der Waals surface area contributed by atoms with Crippen molar-refractivity contribution in [2.24, 2.45) is 0 Å². The number of carbonyl (C=O) groups is 2. The Balaban J connectivity index is 1.49. The number of rotatable bonds is 7. The standard InChI is InChI=1S/C21H20N4O2S/c1-14(26)22-17-11-9-15(10-12-17)19(27)13-28-21-24-23-20(16-7-8-16)25(21)18-5-3-2-4-6-18/h2-6,9-12,16H,7-8,13H2,1H3,(H,22,26). The van der Waals surface area contributed by atoms with E-state index in [0.29, 0.717) is 17.2 Å².